The number of carboxylic acids is 1. The van der Waals surface area contributed by atoms with Crippen molar-refractivity contribution in [2.75, 3.05) is 7.11 Å². The summed E-state index contributed by atoms with van der Waals surface area (Å²) in [6.45, 7) is 5.94. The van der Waals surface area contributed by atoms with Crippen LogP contribution in [-0.4, -0.2) is 18.2 Å². The van der Waals surface area contributed by atoms with E-state index in [1.54, 1.807) is 19.2 Å². The molecule has 0 heterocycles. The van der Waals surface area contributed by atoms with Crippen molar-refractivity contribution in [2.24, 2.45) is 0 Å². The molecule has 2 aromatic rings. The van der Waals surface area contributed by atoms with Crippen LogP contribution in [0.15, 0.2) is 30.3 Å². The SMILES string of the molecule is COc1c(-c2cc(C)ccc2C(=O)O)ccc(C)c1C. The normalized spacial score (nSPS) is 10.4. The Morgan fingerprint density at radius 3 is 2.35 bits per heavy atom. The number of hydrogen-bond donors (Lipinski definition) is 1. The van der Waals surface area contributed by atoms with Gasteiger partial charge >= 0.3 is 5.97 Å². The van der Waals surface area contributed by atoms with Gasteiger partial charge in [0.1, 0.15) is 5.75 Å². The van der Waals surface area contributed by atoms with Crippen LogP contribution in [0.1, 0.15) is 27.0 Å². The van der Waals surface area contributed by atoms with E-state index >= 15 is 0 Å². The minimum atomic E-state index is -0.930. The standard InChI is InChI=1S/C17H18O3/c1-10-5-7-14(17(18)19)15(9-10)13-8-6-11(2)12(3)16(13)20-4/h5-9H,1-4H3,(H,18,19). The number of aryl methyl sites for hydroxylation is 2. The number of methoxy groups -OCH3 is 1. The highest BCUT2D eigenvalue weighted by Crippen LogP contribution is 2.36. The summed E-state index contributed by atoms with van der Waals surface area (Å²) in [4.78, 5) is 11.4. The molecular formula is C17H18O3. The third-order valence-corrected chi connectivity index (χ3v) is 3.58. The van der Waals surface area contributed by atoms with Gasteiger partial charge in [0.25, 0.3) is 0 Å². The monoisotopic (exact) mass is 270 g/mol. The van der Waals surface area contributed by atoms with E-state index in [1.165, 1.54) is 0 Å². The molecule has 0 aliphatic carbocycles. The van der Waals surface area contributed by atoms with Gasteiger partial charge in [0.2, 0.25) is 0 Å². The molecule has 1 N–H and O–H groups in total. The number of aromatic carboxylic acids is 1. The van der Waals surface area contributed by atoms with Crippen LogP contribution in [0.5, 0.6) is 5.75 Å². The molecule has 3 nitrogen and oxygen atoms in total. The molecule has 0 saturated heterocycles. The first-order chi connectivity index (χ1) is 9.45. The molecule has 0 aliphatic heterocycles. The lowest BCUT2D eigenvalue weighted by molar-refractivity contribution is 0.0697. The lowest BCUT2D eigenvalue weighted by atomic mass is 9.94. The molecule has 0 fully saturated rings. The van der Waals surface area contributed by atoms with E-state index in [9.17, 15) is 9.90 Å². The van der Waals surface area contributed by atoms with Crippen molar-refractivity contribution in [3.8, 4) is 16.9 Å². The highest BCUT2D eigenvalue weighted by atomic mass is 16.5. The van der Waals surface area contributed by atoms with Crippen LogP contribution in [0.25, 0.3) is 11.1 Å². The van der Waals surface area contributed by atoms with Crippen molar-refractivity contribution >= 4 is 5.97 Å². The lowest BCUT2D eigenvalue weighted by Crippen LogP contribution is -2.02. The molecule has 0 saturated carbocycles. The number of carboxylic acid groups (broad SMARTS) is 1. The molecule has 0 spiro atoms. The molecule has 3 heteroatoms. The Kier molecular flexibility index (Phi) is 3.79. The Bertz CT molecular complexity index is 672. The van der Waals surface area contributed by atoms with E-state index in [0.29, 0.717) is 5.56 Å². The molecule has 0 amide bonds. The Balaban J connectivity index is 2.77. The fraction of sp³-hybridized carbons (Fsp3) is 0.235. The van der Waals surface area contributed by atoms with Crippen LogP contribution in [-0.2, 0) is 0 Å². The van der Waals surface area contributed by atoms with E-state index in [0.717, 1.165) is 28.0 Å². The van der Waals surface area contributed by atoms with E-state index in [1.807, 2.05) is 39.0 Å². The first-order valence-corrected chi connectivity index (χ1v) is 6.44. The van der Waals surface area contributed by atoms with Crippen molar-refractivity contribution in [1.29, 1.82) is 0 Å². The van der Waals surface area contributed by atoms with Crippen molar-refractivity contribution in [1.82, 2.24) is 0 Å². The average Bonchev–Trinajstić information content (AvgIpc) is 2.41. The molecule has 2 aromatic carbocycles. The van der Waals surface area contributed by atoms with Crippen LogP contribution in [0.4, 0.5) is 0 Å². The van der Waals surface area contributed by atoms with Crippen molar-refractivity contribution in [3.63, 3.8) is 0 Å². The molecule has 104 valence electrons. The second-order valence-corrected chi connectivity index (χ2v) is 4.94. The number of benzene rings is 2. The average molecular weight is 270 g/mol. The maximum Gasteiger partial charge on any atom is 0.336 e. The predicted octanol–water partition coefficient (Wildman–Crippen LogP) is 3.99. The summed E-state index contributed by atoms with van der Waals surface area (Å²) in [6, 6.07) is 9.24. The topological polar surface area (TPSA) is 46.5 Å². The minimum absolute atomic E-state index is 0.289. The second-order valence-electron chi connectivity index (χ2n) is 4.94. The van der Waals surface area contributed by atoms with Gasteiger partial charge in [0.15, 0.2) is 0 Å². The van der Waals surface area contributed by atoms with Gasteiger partial charge < -0.3 is 9.84 Å². The van der Waals surface area contributed by atoms with Crippen molar-refractivity contribution in [2.45, 2.75) is 20.8 Å². The molecule has 0 aliphatic rings. The molecule has 2 rings (SSSR count). The number of rotatable bonds is 3. The van der Waals surface area contributed by atoms with Crippen LogP contribution in [0.2, 0.25) is 0 Å². The highest BCUT2D eigenvalue weighted by Gasteiger charge is 2.17. The first kappa shape index (κ1) is 14.1. The van der Waals surface area contributed by atoms with Gasteiger partial charge in [-0.05, 0) is 38.0 Å². The highest BCUT2D eigenvalue weighted by molar-refractivity contribution is 5.97. The largest absolute Gasteiger partial charge is 0.496 e. The molecule has 0 aromatic heterocycles. The van der Waals surface area contributed by atoms with Crippen molar-refractivity contribution in [3.05, 3.63) is 52.6 Å². The summed E-state index contributed by atoms with van der Waals surface area (Å²) in [6.07, 6.45) is 0. The summed E-state index contributed by atoms with van der Waals surface area (Å²) >= 11 is 0. The number of hydrogen-bond acceptors (Lipinski definition) is 2. The molecule has 0 atom stereocenters. The van der Waals surface area contributed by atoms with Crippen LogP contribution in [0, 0.1) is 20.8 Å². The first-order valence-electron chi connectivity index (χ1n) is 6.44. The Morgan fingerprint density at radius 2 is 1.75 bits per heavy atom. The van der Waals surface area contributed by atoms with Gasteiger partial charge in [-0.2, -0.15) is 0 Å². The molecular weight excluding hydrogens is 252 g/mol. The van der Waals surface area contributed by atoms with E-state index in [2.05, 4.69) is 0 Å². The van der Waals surface area contributed by atoms with Gasteiger partial charge in [0, 0.05) is 11.1 Å². The van der Waals surface area contributed by atoms with Gasteiger partial charge in [-0.15, -0.1) is 0 Å². The van der Waals surface area contributed by atoms with Crippen LogP contribution < -0.4 is 4.74 Å². The van der Waals surface area contributed by atoms with Gasteiger partial charge in [-0.25, -0.2) is 4.79 Å². The number of ether oxygens (including phenoxy) is 1. The summed E-state index contributed by atoms with van der Waals surface area (Å²) in [7, 11) is 1.61. The molecule has 0 radical (unpaired) electrons. The second kappa shape index (κ2) is 5.37. The van der Waals surface area contributed by atoms with Crippen molar-refractivity contribution < 1.29 is 14.6 Å². The fourth-order valence-electron chi connectivity index (χ4n) is 2.33. The van der Waals surface area contributed by atoms with E-state index in [4.69, 9.17) is 4.74 Å². The molecule has 0 bridgehead atoms. The summed E-state index contributed by atoms with van der Waals surface area (Å²) in [5, 5.41) is 9.36. The summed E-state index contributed by atoms with van der Waals surface area (Å²) < 4.78 is 5.49. The van der Waals surface area contributed by atoms with Crippen LogP contribution >= 0.6 is 0 Å². The zero-order valence-corrected chi connectivity index (χ0v) is 12.2. The Labute approximate surface area is 118 Å². The van der Waals surface area contributed by atoms with E-state index in [-0.39, 0.29) is 5.56 Å². The maximum absolute atomic E-state index is 11.4. The predicted molar refractivity (Wildman–Crippen MR) is 79.6 cm³/mol. The number of carbonyl (C=O) groups is 1. The van der Waals surface area contributed by atoms with Gasteiger partial charge in [-0.1, -0.05) is 29.8 Å². The third-order valence-electron chi connectivity index (χ3n) is 3.58. The smallest absolute Gasteiger partial charge is 0.336 e. The Morgan fingerprint density at radius 1 is 1.05 bits per heavy atom. The molecule has 20 heavy (non-hydrogen) atoms. The third kappa shape index (κ3) is 2.39. The minimum Gasteiger partial charge on any atom is -0.496 e. The Hall–Kier alpha value is -2.29. The van der Waals surface area contributed by atoms with Gasteiger partial charge in [-0.3, -0.25) is 0 Å². The zero-order valence-electron chi connectivity index (χ0n) is 12.2. The summed E-state index contributed by atoms with van der Waals surface area (Å²) in [5.41, 5.74) is 4.97. The van der Waals surface area contributed by atoms with E-state index < -0.39 is 5.97 Å². The molecule has 0 unspecified atom stereocenters. The van der Waals surface area contributed by atoms with Gasteiger partial charge in [0.05, 0.1) is 12.7 Å². The fourth-order valence-corrected chi connectivity index (χ4v) is 2.33. The lowest BCUT2D eigenvalue weighted by Gasteiger charge is -2.15. The maximum atomic E-state index is 11.4. The zero-order chi connectivity index (χ0) is 14.9. The van der Waals surface area contributed by atoms with Crippen LogP contribution in [0.3, 0.4) is 0 Å². The summed E-state index contributed by atoms with van der Waals surface area (Å²) in [5.74, 6) is -0.196. The quantitative estimate of drug-likeness (QED) is 0.917.